The third kappa shape index (κ3) is 3.80. The lowest BCUT2D eigenvalue weighted by Gasteiger charge is -2.19. The summed E-state index contributed by atoms with van der Waals surface area (Å²) in [6.45, 7) is 0.972. The topological polar surface area (TPSA) is 59.0 Å². The normalized spacial score (nSPS) is 23.7. The highest BCUT2D eigenvalue weighted by Gasteiger charge is 2.40. The molecule has 2 aliphatic carbocycles. The van der Waals surface area contributed by atoms with Crippen molar-refractivity contribution in [3.05, 3.63) is 54.8 Å². The van der Waals surface area contributed by atoms with Gasteiger partial charge in [0.05, 0.1) is 26.9 Å². The lowest BCUT2D eigenvalue weighted by atomic mass is 9.98. The maximum absolute atomic E-state index is 13.6. The van der Waals surface area contributed by atoms with Gasteiger partial charge in [0.25, 0.3) is 5.91 Å². The summed E-state index contributed by atoms with van der Waals surface area (Å²) in [5.41, 5.74) is 4.05. The van der Waals surface area contributed by atoms with Crippen molar-refractivity contribution in [3.8, 4) is 16.9 Å². The van der Waals surface area contributed by atoms with E-state index in [0.717, 1.165) is 53.4 Å². The fraction of sp³-hybridized carbons (Fsp3) is 0.417. The zero-order chi connectivity index (χ0) is 22.7. The predicted octanol–water partition coefficient (Wildman–Crippen LogP) is 6.13. The predicted molar refractivity (Wildman–Crippen MR) is 134 cm³/mol. The Morgan fingerprint density at radius 3 is 2.88 bits per heavy atom. The Labute approximate surface area is 211 Å². The van der Waals surface area contributed by atoms with Crippen LogP contribution >= 0.6 is 46.1 Å². The average Bonchev–Trinajstić information content (AvgIpc) is 3.52. The first-order chi connectivity index (χ1) is 16.0. The molecule has 1 saturated heterocycles. The van der Waals surface area contributed by atoms with Gasteiger partial charge in [-0.25, -0.2) is 4.68 Å². The molecule has 2 fully saturated rings. The molecule has 5 nitrogen and oxygen atoms in total. The summed E-state index contributed by atoms with van der Waals surface area (Å²) in [5.74, 6) is 1.03. The number of hydrogen-bond acceptors (Lipinski definition) is 4. The molecule has 6 rings (SSSR count). The SMILES string of the molecule is O=C(NC1NCC2CCCC21)c1nn(-c2ccc(Cl)cc2Cl)c2c1CCCc1sc(Cl)cc1-2. The molecule has 2 aromatic heterocycles. The van der Waals surface area contributed by atoms with E-state index in [4.69, 9.17) is 39.9 Å². The van der Waals surface area contributed by atoms with E-state index >= 15 is 0 Å². The Morgan fingerprint density at radius 1 is 1.15 bits per heavy atom. The molecular weight excluding hydrogens is 499 g/mol. The Morgan fingerprint density at radius 2 is 2.03 bits per heavy atom. The second-order valence-corrected chi connectivity index (χ2v) is 11.8. The number of fused-ring (bicyclic) bond motifs is 4. The van der Waals surface area contributed by atoms with Crippen LogP contribution in [0.3, 0.4) is 0 Å². The first-order valence-corrected chi connectivity index (χ1v) is 13.3. The van der Waals surface area contributed by atoms with Crippen LogP contribution in [0.5, 0.6) is 0 Å². The molecule has 2 N–H and O–H groups in total. The second kappa shape index (κ2) is 8.58. The lowest BCUT2D eigenvalue weighted by Crippen LogP contribution is -2.45. The minimum Gasteiger partial charge on any atom is -0.335 e. The summed E-state index contributed by atoms with van der Waals surface area (Å²) < 4.78 is 2.53. The molecule has 9 heteroatoms. The molecule has 1 saturated carbocycles. The molecule has 0 spiro atoms. The van der Waals surface area contributed by atoms with Gasteiger partial charge in [0.2, 0.25) is 0 Å². The Bertz CT molecular complexity index is 1250. The zero-order valence-electron chi connectivity index (χ0n) is 17.8. The van der Waals surface area contributed by atoms with Gasteiger partial charge in [-0.1, -0.05) is 41.2 Å². The van der Waals surface area contributed by atoms with Crippen molar-refractivity contribution >= 4 is 52.0 Å². The number of aryl methyl sites for hydroxylation is 1. The lowest BCUT2D eigenvalue weighted by molar-refractivity contribution is 0.0914. The third-order valence-corrected chi connectivity index (χ3v) is 9.10. The van der Waals surface area contributed by atoms with E-state index in [9.17, 15) is 4.79 Å². The fourth-order valence-electron chi connectivity index (χ4n) is 5.74. The summed E-state index contributed by atoms with van der Waals surface area (Å²) >= 11 is 20.7. The Hall–Kier alpha value is -1.57. The number of carbonyl (C=O) groups is 1. The van der Waals surface area contributed by atoms with Gasteiger partial charge in [-0.3, -0.25) is 10.1 Å². The van der Waals surface area contributed by atoms with E-state index in [0.29, 0.717) is 33.3 Å². The van der Waals surface area contributed by atoms with Gasteiger partial charge in [-0.15, -0.1) is 11.3 Å². The first-order valence-electron chi connectivity index (χ1n) is 11.4. The van der Waals surface area contributed by atoms with E-state index in [1.54, 1.807) is 28.2 Å². The molecule has 3 aliphatic rings. The van der Waals surface area contributed by atoms with E-state index in [1.165, 1.54) is 17.7 Å². The third-order valence-electron chi connectivity index (χ3n) is 7.23. The molecule has 1 amide bonds. The number of rotatable bonds is 3. The van der Waals surface area contributed by atoms with Crippen LogP contribution in [0.1, 0.15) is 46.6 Å². The van der Waals surface area contributed by atoms with Crippen LogP contribution in [0.15, 0.2) is 24.3 Å². The van der Waals surface area contributed by atoms with E-state index in [2.05, 4.69) is 10.6 Å². The van der Waals surface area contributed by atoms with E-state index < -0.39 is 0 Å². The van der Waals surface area contributed by atoms with Crippen molar-refractivity contribution in [1.29, 1.82) is 0 Å². The highest BCUT2D eigenvalue weighted by Crippen LogP contribution is 2.43. The molecule has 3 unspecified atom stereocenters. The Kier molecular flexibility index (Phi) is 5.70. The standard InChI is InChI=1S/C24H23Cl3N4OS/c25-13-7-8-18(17(26)9-13)31-22-15(5-2-6-19-16(22)10-20(27)33-19)21(30-31)24(32)29-23-14-4-1-3-12(14)11-28-23/h7-10,12,14,23,28H,1-6,11H2,(H,29,32). The highest BCUT2D eigenvalue weighted by atomic mass is 35.5. The zero-order valence-corrected chi connectivity index (χ0v) is 20.9. The highest BCUT2D eigenvalue weighted by molar-refractivity contribution is 7.16. The molecule has 172 valence electrons. The molecule has 0 bridgehead atoms. The van der Waals surface area contributed by atoms with Gasteiger partial charge < -0.3 is 5.32 Å². The molecule has 1 aliphatic heterocycles. The summed E-state index contributed by atoms with van der Waals surface area (Å²) in [6, 6.07) is 7.32. The van der Waals surface area contributed by atoms with Crippen molar-refractivity contribution < 1.29 is 4.79 Å². The number of hydrogen-bond donors (Lipinski definition) is 2. The van der Waals surface area contributed by atoms with Crippen molar-refractivity contribution in [1.82, 2.24) is 20.4 Å². The quantitative estimate of drug-likeness (QED) is 0.436. The molecule has 3 heterocycles. The fourth-order valence-corrected chi connectivity index (χ4v) is 7.54. The van der Waals surface area contributed by atoms with Crippen LogP contribution in [-0.4, -0.2) is 28.4 Å². The van der Waals surface area contributed by atoms with Gasteiger partial charge in [-0.05, 0) is 68.2 Å². The molecule has 1 aromatic carbocycles. The van der Waals surface area contributed by atoms with Gasteiger partial charge in [0, 0.05) is 27.6 Å². The number of nitrogens with zero attached hydrogens (tertiary/aromatic N) is 2. The van der Waals surface area contributed by atoms with E-state index in [1.807, 2.05) is 12.1 Å². The van der Waals surface area contributed by atoms with Crippen molar-refractivity contribution in [2.45, 2.75) is 44.7 Å². The minimum atomic E-state index is -0.134. The van der Waals surface area contributed by atoms with Gasteiger partial charge in [0.15, 0.2) is 5.69 Å². The number of halogens is 3. The minimum absolute atomic E-state index is 0.00171. The largest absolute Gasteiger partial charge is 0.335 e. The summed E-state index contributed by atoms with van der Waals surface area (Å²) in [5, 5.41) is 12.6. The van der Waals surface area contributed by atoms with Crippen molar-refractivity contribution in [2.24, 2.45) is 11.8 Å². The van der Waals surface area contributed by atoms with Crippen LogP contribution in [0.4, 0.5) is 0 Å². The van der Waals surface area contributed by atoms with Gasteiger partial charge in [0.1, 0.15) is 0 Å². The maximum Gasteiger partial charge on any atom is 0.273 e. The number of nitrogens with one attached hydrogen (secondary N) is 2. The molecule has 3 atom stereocenters. The van der Waals surface area contributed by atoms with Crippen molar-refractivity contribution in [2.75, 3.05) is 6.54 Å². The second-order valence-electron chi connectivity index (χ2n) is 9.14. The summed E-state index contributed by atoms with van der Waals surface area (Å²) in [4.78, 5) is 14.8. The maximum atomic E-state index is 13.6. The first kappa shape index (κ1) is 21.9. The monoisotopic (exact) mass is 520 g/mol. The number of aromatic nitrogens is 2. The van der Waals surface area contributed by atoms with Gasteiger partial charge in [-0.2, -0.15) is 5.10 Å². The molecule has 0 radical (unpaired) electrons. The molecule has 33 heavy (non-hydrogen) atoms. The van der Waals surface area contributed by atoms with Crippen LogP contribution in [0.25, 0.3) is 16.9 Å². The van der Waals surface area contributed by atoms with Crippen LogP contribution in [0.2, 0.25) is 14.4 Å². The van der Waals surface area contributed by atoms with Crippen molar-refractivity contribution in [3.63, 3.8) is 0 Å². The number of thiophene rings is 1. The number of benzene rings is 1. The van der Waals surface area contributed by atoms with Crippen LogP contribution < -0.4 is 10.6 Å². The van der Waals surface area contributed by atoms with Crippen LogP contribution in [0, 0.1) is 11.8 Å². The molecule has 3 aromatic rings. The number of carbonyl (C=O) groups excluding carboxylic acids is 1. The van der Waals surface area contributed by atoms with Gasteiger partial charge >= 0.3 is 0 Å². The number of amides is 1. The smallest absolute Gasteiger partial charge is 0.273 e. The average molecular weight is 522 g/mol. The summed E-state index contributed by atoms with van der Waals surface area (Å²) in [7, 11) is 0. The van der Waals surface area contributed by atoms with E-state index in [-0.39, 0.29) is 12.1 Å². The van der Waals surface area contributed by atoms with Crippen LogP contribution in [-0.2, 0) is 12.8 Å². The molecular formula is C24H23Cl3N4OS. The summed E-state index contributed by atoms with van der Waals surface area (Å²) in [6.07, 6.45) is 6.27. The Balaban J connectivity index is 1.46.